The summed E-state index contributed by atoms with van der Waals surface area (Å²) in [6.45, 7) is 2.70. The van der Waals surface area contributed by atoms with Crippen LogP contribution in [-0.4, -0.2) is 31.1 Å². The van der Waals surface area contributed by atoms with Crippen LogP contribution < -0.4 is 10.2 Å². The van der Waals surface area contributed by atoms with Crippen LogP contribution in [0.2, 0.25) is 0 Å². The van der Waals surface area contributed by atoms with Crippen LogP contribution in [0.15, 0.2) is 12.1 Å². The lowest BCUT2D eigenvalue weighted by Gasteiger charge is -2.20. The molecule has 5 nitrogen and oxygen atoms in total. The molecule has 2 atom stereocenters. The summed E-state index contributed by atoms with van der Waals surface area (Å²) in [6.07, 6.45) is 0. The molecule has 0 bridgehead atoms. The maximum absolute atomic E-state index is 13.9. The normalized spacial score (nSPS) is 25.7. The Morgan fingerprint density at radius 2 is 1.89 bits per heavy atom. The molecule has 1 aromatic rings. The molecular weight excluding hydrogens is 256 g/mol. The van der Waals surface area contributed by atoms with Crippen molar-refractivity contribution in [2.45, 2.75) is 0 Å². The third-order valence-corrected chi connectivity index (χ3v) is 3.95. The summed E-state index contributed by atoms with van der Waals surface area (Å²) < 4.78 is 27.2. The van der Waals surface area contributed by atoms with Crippen molar-refractivity contribution in [2.24, 2.45) is 11.8 Å². The summed E-state index contributed by atoms with van der Waals surface area (Å²) in [7, 11) is 0. The highest BCUT2D eigenvalue weighted by Crippen LogP contribution is 2.38. The molecule has 2 aliphatic rings. The average molecular weight is 269 g/mol. The van der Waals surface area contributed by atoms with Crippen molar-refractivity contribution in [3.8, 4) is 0 Å². The number of benzene rings is 1. The summed E-state index contributed by atoms with van der Waals surface area (Å²) in [4.78, 5) is 11.9. The number of hydrogen-bond donors (Lipinski definition) is 1. The number of halogens is 2. The van der Waals surface area contributed by atoms with Crippen LogP contribution in [0.4, 0.5) is 20.2 Å². The molecule has 7 heteroatoms. The molecule has 0 radical (unpaired) electrons. The smallest absolute Gasteiger partial charge is 0.295 e. The van der Waals surface area contributed by atoms with Crippen molar-refractivity contribution in [1.29, 1.82) is 0 Å². The fourth-order valence-electron chi connectivity index (χ4n) is 3.02. The highest BCUT2D eigenvalue weighted by Gasteiger charge is 2.39. The summed E-state index contributed by atoms with van der Waals surface area (Å²) in [5.41, 5.74) is -0.578. The zero-order valence-corrected chi connectivity index (χ0v) is 10.1. The number of hydrogen-bond acceptors (Lipinski definition) is 4. The number of nitrogens with one attached hydrogen (secondary N) is 1. The van der Waals surface area contributed by atoms with E-state index in [2.05, 4.69) is 5.32 Å². The van der Waals surface area contributed by atoms with Gasteiger partial charge in [-0.2, -0.15) is 0 Å². The van der Waals surface area contributed by atoms with Gasteiger partial charge in [-0.3, -0.25) is 10.1 Å². The second-order valence-corrected chi connectivity index (χ2v) is 5.07. The van der Waals surface area contributed by atoms with Crippen molar-refractivity contribution >= 4 is 11.4 Å². The SMILES string of the molecule is O=[N+]([O-])c1ccc(F)c(F)c1N1C[C@H]2CNC[C@H]2C1. The van der Waals surface area contributed by atoms with E-state index in [0.717, 1.165) is 25.2 Å². The summed E-state index contributed by atoms with van der Waals surface area (Å²) in [6, 6.07) is 1.83. The molecule has 2 fully saturated rings. The minimum atomic E-state index is -1.12. The van der Waals surface area contributed by atoms with E-state index < -0.39 is 16.6 Å². The molecular formula is C12H13F2N3O2. The Morgan fingerprint density at radius 3 is 2.47 bits per heavy atom. The first-order valence-electron chi connectivity index (χ1n) is 6.16. The molecule has 0 spiro atoms. The third kappa shape index (κ3) is 1.94. The van der Waals surface area contributed by atoms with Gasteiger partial charge in [-0.1, -0.05) is 0 Å². The molecule has 2 saturated heterocycles. The second kappa shape index (κ2) is 4.41. The molecule has 3 rings (SSSR count). The molecule has 1 N–H and O–H groups in total. The third-order valence-electron chi connectivity index (χ3n) is 3.95. The van der Waals surface area contributed by atoms with Gasteiger partial charge in [-0.15, -0.1) is 0 Å². The van der Waals surface area contributed by atoms with Crippen LogP contribution in [0.5, 0.6) is 0 Å². The van der Waals surface area contributed by atoms with Gasteiger partial charge in [-0.05, 0) is 17.9 Å². The lowest BCUT2D eigenvalue weighted by Crippen LogP contribution is -2.27. The van der Waals surface area contributed by atoms with Gasteiger partial charge in [-0.25, -0.2) is 8.78 Å². The monoisotopic (exact) mass is 269 g/mol. The topological polar surface area (TPSA) is 58.4 Å². The predicted molar refractivity (Wildman–Crippen MR) is 65.1 cm³/mol. The molecule has 0 saturated carbocycles. The highest BCUT2D eigenvalue weighted by atomic mass is 19.2. The first-order chi connectivity index (χ1) is 9.08. The van der Waals surface area contributed by atoms with Gasteiger partial charge in [0.05, 0.1) is 4.92 Å². The molecule has 2 aliphatic heterocycles. The molecule has 0 unspecified atom stereocenters. The van der Waals surface area contributed by atoms with Crippen LogP contribution >= 0.6 is 0 Å². The zero-order chi connectivity index (χ0) is 13.6. The quantitative estimate of drug-likeness (QED) is 0.653. The van der Waals surface area contributed by atoms with Crippen LogP contribution in [0.25, 0.3) is 0 Å². The lowest BCUT2D eigenvalue weighted by molar-refractivity contribution is -0.384. The van der Waals surface area contributed by atoms with E-state index in [1.807, 2.05) is 0 Å². The van der Waals surface area contributed by atoms with E-state index in [0.29, 0.717) is 24.9 Å². The van der Waals surface area contributed by atoms with Crippen molar-refractivity contribution in [1.82, 2.24) is 5.32 Å². The van der Waals surface area contributed by atoms with Crippen molar-refractivity contribution in [3.63, 3.8) is 0 Å². The van der Waals surface area contributed by atoms with Gasteiger partial charge >= 0.3 is 0 Å². The minimum Gasteiger partial charge on any atom is -0.363 e. The highest BCUT2D eigenvalue weighted by molar-refractivity contribution is 5.65. The molecule has 2 heterocycles. The van der Waals surface area contributed by atoms with Gasteiger partial charge in [0, 0.05) is 32.2 Å². The standard InChI is InChI=1S/C12H13F2N3O2/c13-9-1-2-10(17(18)19)12(11(9)14)16-5-7-3-15-4-8(7)6-16/h1-2,7-8,15H,3-6H2/t7-,8+. The fourth-order valence-corrected chi connectivity index (χ4v) is 3.02. The van der Waals surface area contributed by atoms with Gasteiger partial charge in [0.25, 0.3) is 5.69 Å². The number of fused-ring (bicyclic) bond motifs is 1. The number of nitrogens with zero attached hydrogens (tertiary/aromatic N) is 2. The van der Waals surface area contributed by atoms with E-state index in [-0.39, 0.29) is 11.4 Å². The maximum atomic E-state index is 13.9. The van der Waals surface area contributed by atoms with Crippen LogP contribution in [0.1, 0.15) is 0 Å². The first-order valence-corrected chi connectivity index (χ1v) is 6.16. The summed E-state index contributed by atoms with van der Waals surface area (Å²) >= 11 is 0. The second-order valence-electron chi connectivity index (χ2n) is 5.07. The largest absolute Gasteiger partial charge is 0.363 e. The average Bonchev–Trinajstić information content (AvgIpc) is 2.92. The van der Waals surface area contributed by atoms with Crippen LogP contribution in [-0.2, 0) is 0 Å². The zero-order valence-electron chi connectivity index (χ0n) is 10.1. The van der Waals surface area contributed by atoms with Gasteiger partial charge in [0.1, 0.15) is 0 Å². The first kappa shape index (κ1) is 12.3. The number of rotatable bonds is 2. The van der Waals surface area contributed by atoms with E-state index in [1.165, 1.54) is 0 Å². The maximum Gasteiger partial charge on any atom is 0.295 e. The molecule has 0 aliphatic carbocycles. The Bertz CT molecular complexity index is 526. The fraction of sp³-hybridized carbons (Fsp3) is 0.500. The molecule has 1 aromatic carbocycles. The van der Waals surface area contributed by atoms with Crippen molar-refractivity contribution in [2.75, 3.05) is 31.1 Å². The molecule has 102 valence electrons. The Hall–Kier alpha value is -1.76. The van der Waals surface area contributed by atoms with E-state index in [1.54, 1.807) is 4.90 Å². The van der Waals surface area contributed by atoms with E-state index in [4.69, 9.17) is 0 Å². The molecule has 0 amide bonds. The summed E-state index contributed by atoms with van der Waals surface area (Å²) in [5.74, 6) is -1.47. The Kier molecular flexibility index (Phi) is 2.85. The van der Waals surface area contributed by atoms with Gasteiger partial charge in [0.2, 0.25) is 0 Å². The van der Waals surface area contributed by atoms with E-state index >= 15 is 0 Å². The van der Waals surface area contributed by atoms with Crippen LogP contribution in [0.3, 0.4) is 0 Å². The molecule has 19 heavy (non-hydrogen) atoms. The minimum absolute atomic E-state index is 0.209. The number of nitro benzene ring substituents is 1. The Balaban J connectivity index is 2.00. The van der Waals surface area contributed by atoms with Gasteiger partial charge in [0.15, 0.2) is 17.3 Å². The lowest BCUT2D eigenvalue weighted by atomic mass is 10.0. The number of anilines is 1. The Labute approximate surface area is 108 Å². The number of nitro groups is 1. The van der Waals surface area contributed by atoms with Crippen molar-refractivity contribution < 1.29 is 13.7 Å². The van der Waals surface area contributed by atoms with E-state index in [9.17, 15) is 18.9 Å². The van der Waals surface area contributed by atoms with Gasteiger partial charge < -0.3 is 10.2 Å². The molecule has 0 aromatic heterocycles. The predicted octanol–water partition coefficient (Wildman–Crippen LogP) is 1.53. The summed E-state index contributed by atoms with van der Waals surface area (Å²) in [5, 5.41) is 14.2. The van der Waals surface area contributed by atoms with Crippen LogP contribution in [0, 0.1) is 33.6 Å². The Morgan fingerprint density at radius 1 is 1.26 bits per heavy atom. The van der Waals surface area contributed by atoms with Crippen molar-refractivity contribution in [3.05, 3.63) is 33.9 Å².